The number of hydrogen-bond donors (Lipinski definition) is 1. The number of anilines is 1. The normalized spacial score (nSPS) is 10.6. The summed E-state index contributed by atoms with van der Waals surface area (Å²) in [6.07, 6.45) is 2.51. The SMILES string of the molecule is Cc1cc(I)ccc1NC(=O)CCc1ncc(-c2ccccc2)o1. The Morgan fingerprint density at radius 3 is 2.75 bits per heavy atom. The molecule has 0 radical (unpaired) electrons. The van der Waals surface area contributed by atoms with Crippen molar-refractivity contribution in [1.29, 1.82) is 0 Å². The Hall–Kier alpha value is -2.15. The lowest BCUT2D eigenvalue weighted by molar-refractivity contribution is -0.116. The highest BCUT2D eigenvalue weighted by Crippen LogP contribution is 2.21. The average molecular weight is 432 g/mol. The molecular weight excluding hydrogens is 415 g/mol. The molecule has 2 aromatic carbocycles. The van der Waals surface area contributed by atoms with Crippen molar-refractivity contribution in [2.75, 3.05) is 5.32 Å². The first-order valence-electron chi connectivity index (χ1n) is 7.68. The number of hydrogen-bond acceptors (Lipinski definition) is 3. The maximum absolute atomic E-state index is 12.1. The first-order valence-corrected chi connectivity index (χ1v) is 8.76. The molecule has 1 N–H and O–H groups in total. The summed E-state index contributed by atoms with van der Waals surface area (Å²) in [6, 6.07) is 15.7. The van der Waals surface area contributed by atoms with Crippen LogP contribution in [0.1, 0.15) is 17.9 Å². The summed E-state index contributed by atoms with van der Waals surface area (Å²) in [6.45, 7) is 1.98. The molecule has 0 saturated heterocycles. The molecule has 0 aliphatic rings. The lowest BCUT2D eigenvalue weighted by Crippen LogP contribution is -2.13. The quantitative estimate of drug-likeness (QED) is 0.588. The van der Waals surface area contributed by atoms with Crippen molar-refractivity contribution in [2.24, 2.45) is 0 Å². The lowest BCUT2D eigenvalue weighted by Gasteiger charge is -2.08. The van der Waals surface area contributed by atoms with Gasteiger partial charge in [0, 0.05) is 27.7 Å². The second-order valence-corrected chi connectivity index (χ2v) is 6.74. The van der Waals surface area contributed by atoms with Crippen LogP contribution in [0, 0.1) is 10.5 Å². The fourth-order valence-electron chi connectivity index (χ4n) is 2.36. The Kier molecular flexibility index (Phi) is 5.30. The summed E-state index contributed by atoms with van der Waals surface area (Å²) in [5.41, 5.74) is 2.88. The summed E-state index contributed by atoms with van der Waals surface area (Å²) in [5.74, 6) is 1.25. The number of oxazole rings is 1. The molecule has 4 nitrogen and oxygen atoms in total. The molecule has 3 aromatic rings. The third-order valence-electron chi connectivity index (χ3n) is 3.64. The highest BCUT2D eigenvalue weighted by atomic mass is 127. The molecule has 0 spiro atoms. The van der Waals surface area contributed by atoms with Crippen LogP contribution in [0.5, 0.6) is 0 Å². The number of aryl methyl sites for hydroxylation is 2. The van der Waals surface area contributed by atoms with E-state index >= 15 is 0 Å². The molecule has 0 saturated carbocycles. The predicted octanol–water partition coefficient (Wildman–Crippen LogP) is 4.83. The number of nitrogens with one attached hydrogen (secondary N) is 1. The highest BCUT2D eigenvalue weighted by Gasteiger charge is 2.10. The number of halogens is 1. The van der Waals surface area contributed by atoms with Crippen LogP contribution < -0.4 is 5.32 Å². The number of aromatic nitrogens is 1. The van der Waals surface area contributed by atoms with Crippen LogP contribution in [0.15, 0.2) is 59.1 Å². The zero-order chi connectivity index (χ0) is 16.9. The molecule has 24 heavy (non-hydrogen) atoms. The third kappa shape index (κ3) is 4.23. The summed E-state index contributed by atoms with van der Waals surface area (Å²) in [4.78, 5) is 16.4. The molecule has 0 unspecified atom stereocenters. The minimum atomic E-state index is -0.0428. The van der Waals surface area contributed by atoms with Crippen molar-refractivity contribution in [1.82, 2.24) is 4.98 Å². The average Bonchev–Trinajstić information content (AvgIpc) is 3.05. The Morgan fingerprint density at radius 2 is 2.00 bits per heavy atom. The van der Waals surface area contributed by atoms with Gasteiger partial charge >= 0.3 is 0 Å². The Balaban J connectivity index is 1.58. The maximum atomic E-state index is 12.1. The van der Waals surface area contributed by atoms with E-state index in [1.54, 1.807) is 6.20 Å². The van der Waals surface area contributed by atoms with Gasteiger partial charge in [0.25, 0.3) is 0 Å². The summed E-state index contributed by atoms with van der Waals surface area (Å²) in [7, 11) is 0. The monoisotopic (exact) mass is 432 g/mol. The second-order valence-electron chi connectivity index (χ2n) is 5.49. The van der Waals surface area contributed by atoms with E-state index in [-0.39, 0.29) is 5.91 Å². The smallest absolute Gasteiger partial charge is 0.224 e. The van der Waals surface area contributed by atoms with E-state index in [2.05, 4.69) is 32.9 Å². The van der Waals surface area contributed by atoms with Crippen molar-refractivity contribution in [3.63, 3.8) is 0 Å². The van der Waals surface area contributed by atoms with Gasteiger partial charge in [-0.05, 0) is 53.3 Å². The van der Waals surface area contributed by atoms with Crippen LogP contribution in [0.3, 0.4) is 0 Å². The van der Waals surface area contributed by atoms with E-state index < -0.39 is 0 Å². The first kappa shape index (κ1) is 16.7. The van der Waals surface area contributed by atoms with Crippen molar-refractivity contribution in [3.8, 4) is 11.3 Å². The molecular formula is C19H17IN2O2. The van der Waals surface area contributed by atoms with Crippen LogP contribution in [0.25, 0.3) is 11.3 Å². The van der Waals surface area contributed by atoms with Crippen molar-refractivity contribution < 1.29 is 9.21 Å². The molecule has 0 aliphatic heterocycles. The molecule has 0 bridgehead atoms. The van der Waals surface area contributed by atoms with Gasteiger partial charge < -0.3 is 9.73 Å². The summed E-state index contributed by atoms with van der Waals surface area (Å²) in [5, 5.41) is 2.93. The van der Waals surface area contributed by atoms with Gasteiger partial charge in [-0.25, -0.2) is 4.98 Å². The zero-order valence-electron chi connectivity index (χ0n) is 13.3. The Labute approximate surface area is 154 Å². The number of rotatable bonds is 5. The molecule has 1 aromatic heterocycles. The largest absolute Gasteiger partial charge is 0.441 e. The zero-order valence-corrected chi connectivity index (χ0v) is 15.4. The third-order valence-corrected chi connectivity index (χ3v) is 4.31. The van der Waals surface area contributed by atoms with Gasteiger partial charge in [-0.1, -0.05) is 30.3 Å². The minimum absolute atomic E-state index is 0.0428. The van der Waals surface area contributed by atoms with Crippen LogP contribution in [0.4, 0.5) is 5.69 Å². The number of nitrogens with zero attached hydrogens (tertiary/aromatic N) is 1. The van der Waals surface area contributed by atoms with Crippen LogP contribution in [-0.4, -0.2) is 10.9 Å². The first-order chi connectivity index (χ1) is 11.6. The molecule has 3 rings (SSSR count). The second kappa shape index (κ2) is 7.61. The van der Waals surface area contributed by atoms with Gasteiger partial charge in [0.05, 0.1) is 6.20 Å². The van der Waals surface area contributed by atoms with E-state index in [4.69, 9.17) is 4.42 Å². The van der Waals surface area contributed by atoms with Crippen molar-refractivity contribution in [2.45, 2.75) is 19.8 Å². The molecule has 122 valence electrons. The summed E-state index contributed by atoms with van der Waals surface area (Å²) < 4.78 is 6.87. The minimum Gasteiger partial charge on any atom is -0.441 e. The lowest BCUT2D eigenvalue weighted by atomic mass is 10.2. The molecule has 0 aliphatic carbocycles. The molecule has 1 amide bonds. The fraction of sp³-hybridized carbons (Fsp3) is 0.158. The Bertz CT molecular complexity index is 844. The van der Waals surface area contributed by atoms with E-state index in [0.29, 0.717) is 18.7 Å². The van der Waals surface area contributed by atoms with E-state index in [1.165, 1.54) is 0 Å². The van der Waals surface area contributed by atoms with Crippen molar-refractivity contribution in [3.05, 3.63) is 69.8 Å². The van der Waals surface area contributed by atoms with Gasteiger partial charge in [-0.3, -0.25) is 4.79 Å². The van der Waals surface area contributed by atoms with E-state index in [1.807, 2.05) is 55.5 Å². The van der Waals surface area contributed by atoms with Gasteiger partial charge in [0.2, 0.25) is 5.91 Å². The van der Waals surface area contributed by atoms with E-state index in [9.17, 15) is 4.79 Å². The van der Waals surface area contributed by atoms with Crippen LogP contribution >= 0.6 is 22.6 Å². The topological polar surface area (TPSA) is 55.1 Å². The predicted molar refractivity (Wildman–Crippen MR) is 103 cm³/mol. The van der Waals surface area contributed by atoms with Crippen molar-refractivity contribution >= 4 is 34.2 Å². The number of amides is 1. The molecule has 1 heterocycles. The molecule has 5 heteroatoms. The molecule has 0 fully saturated rings. The highest BCUT2D eigenvalue weighted by molar-refractivity contribution is 14.1. The van der Waals surface area contributed by atoms with Gasteiger partial charge in [0.1, 0.15) is 0 Å². The molecule has 0 atom stereocenters. The van der Waals surface area contributed by atoms with Gasteiger partial charge in [-0.15, -0.1) is 0 Å². The number of benzene rings is 2. The standard InChI is InChI=1S/C19H17IN2O2/c1-13-11-15(20)7-8-16(13)22-18(23)9-10-19-21-12-17(24-19)14-5-3-2-4-6-14/h2-8,11-12H,9-10H2,1H3,(H,22,23). The Morgan fingerprint density at radius 1 is 1.21 bits per heavy atom. The number of carbonyl (C=O) groups is 1. The van der Waals surface area contributed by atoms with Gasteiger partial charge in [-0.2, -0.15) is 0 Å². The fourth-order valence-corrected chi connectivity index (χ4v) is 3.01. The number of carbonyl (C=O) groups excluding carboxylic acids is 1. The van der Waals surface area contributed by atoms with Gasteiger partial charge in [0.15, 0.2) is 11.7 Å². The maximum Gasteiger partial charge on any atom is 0.224 e. The van der Waals surface area contributed by atoms with Crippen LogP contribution in [0.2, 0.25) is 0 Å². The summed E-state index contributed by atoms with van der Waals surface area (Å²) >= 11 is 2.25. The van der Waals surface area contributed by atoms with E-state index in [0.717, 1.165) is 26.1 Å². The van der Waals surface area contributed by atoms with Crippen LogP contribution in [-0.2, 0) is 11.2 Å².